The molecule has 1 aromatic heterocycles. The number of carbonyl (C=O) groups is 2. The van der Waals surface area contributed by atoms with Gasteiger partial charge in [-0.25, -0.2) is 4.39 Å². The van der Waals surface area contributed by atoms with Crippen molar-refractivity contribution in [1.82, 2.24) is 14.4 Å². The van der Waals surface area contributed by atoms with E-state index in [1.165, 1.54) is 27.7 Å². The fraction of sp³-hybridized carbons (Fsp3) is 0.435. The Morgan fingerprint density at radius 1 is 1.22 bits per heavy atom. The molecule has 1 saturated carbocycles. The molecule has 1 fully saturated rings. The Hall–Kier alpha value is -2.87. The Balaban J connectivity index is 1.55. The van der Waals surface area contributed by atoms with E-state index in [-0.39, 0.29) is 34.6 Å². The quantitative estimate of drug-likeness (QED) is 0.761. The van der Waals surface area contributed by atoms with Crippen molar-refractivity contribution in [3.63, 3.8) is 0 Å². The molecule has 3 atom stereocenters. The fourth-order valence-corrected chi connectivity index (χ4v) is 5.45. The van der Waals surface area contributed by atoms with Gasteiger partial charge in [-0.05, 0) is 36.5 Å². The van der Waals surface area contributed by atoms with Crippen molar-refractivity contribution in [2.45, 2.75) is 38.9 Å². The van der Waals surface area contributed by atoms with Crippen LogP contribution in [0.5, 0.6) is 5.75 Å². The number of amides is 2. The number of fused-ring (bicyclic) bond motifs is 3. The van der Waals surface area contributed by atoms with Crippen molar-refractivity contribution >= 4 is 23.4 Å². The summed E-state index contributed by atoms with van der Waals surface area (Å²) in [4.78, 5) is 42.6. The molecule has 9 heteroatoms. The lowest BCUT2D eigenvalue weighted by Gasteiger charge is -2.30. The number of nitrogens with zero attached hydrogens (tertiary/aromatic N) is 3. The number of hydrogen-bond acceptors (Lipinski definition) is 4. The first-order valence-electron chi connectivity index (χ1n) is 10.7. The summed E-state index contributed by atoms with van der Waals surface area (Å²) in [5.74, 6) is -1.38. The lowest BCUT2D eigenvalue weighted by molar-refractivity contribution is 0.0721. The summed E-state index contributed by atoms with van der Waals surface area (Å²) in [5.41, 5.74) is 0.457. The average Bonchev–Trinajstić information content (AvgIpc) is 3.49. The molecular weight excluding hydrogens is 437 g/mol. The molecule has 0 bridgehead atoms. The highest BCUT2D eigenvalue weighted by atomic mass is 35.5. The van der Waals surface area contributed by atoms with Crippen LogP contribution in [-0.4, -0.2) is 44.9 Å². The van der Waals surface area contributed by atoms with E-state index in [4.69, 9.17) is 11.6 Å². The van der Waals surface area contributed by atoms with E-state index in [2.05, 4.69) is 6.92 Å². The van der Waals surface area contributed by atoms with Crippen LogP contribution in [0.15, 0.2) is 23.0 Å². The van der Waals surface area contributed by atoms with Gasteiger partial charge in [0, 0.05) is 31.6 Å². The zero-order chi connectivity index (χ0) is 22.9. The van der Waals surface area contributed by atoms with Crippen LogP contribution in [0.4, 0.5) is 4.39 Å². The van der Waals surface area contributed by atoms with Crippen LogP contribution in [0.2, 0.25) is 5.02 Å². The minimum absolute atomic E-state index is 0.0450. The van der Waals surface area contributed by atoms with Crippen LogP contribution in [0.25, 0.3) is 0 Å². The highest BCUT2D eigenvalue weighted by Gasteiger charge is 2.52. The first kappa shape index (κ1) is 21.0. The summed E-state index contributed by atoms with van der Waals surface area (Å²) < 4.78 is 14.9. The Labute approximate surface area is 189 Å². The topological polar surface area (TPSA) is 82.9 Å². The van der Waals surface area contributed by atoms with Gasteiger partial charge in [-0.2, -0.15) is 0 Å². The van der Waals surface area contributed by atoms with Gasteiger partial charge in [0.15, 0.2) is 5.75 Å². The Morgan fingerprint density at radius 2 is 1.97 bits per heavy atom. The zero-order valence-corrected chi connectivity index (χ0v) is 18.5. The first-order chi connectivity index (χ1) is 15.2. The predicted molar refractivity (Wildman–Crippen MR) is 115 cm³/mol. The van der Waals surface area contributed by atoms with E-state index in [1.807, 2.05) is 0 Å². The van der Waals surface area contributed by atoms with Crippen molar-refractivity contribution < 1.29 is 19.1 Å². The number of benzene rings is 1. The summed E-state index contributed by atoms with van der Waals surface area (Å²) >= 11 is 5.85. The molecule has 0 saturated heterocycles. The minimum Gasteiger partial charge on any atom is -0.502 e. The Bertz CT molecular complexity index is 1230. The number of aromatic nitrogens is 1. The zero-order valence-electron chi connectivity index (χ0n) is 17.8. The van der Waals surface area contributed by atoms with E-state index in [1.54, 1.807) is 11.9 Å². The Kier molecular flexibility index (Phi) is 4.81. The lowest BCUT2D eigenvalue weighted by atomic mass is 9.95. The van der Waals surface area contributed by atoms with Gasteiger partial charge in [-0.3, -0.25) is 19.0 Å². The van der Waals surface area contributed by atoms with Crippen molar-refractivity contribution in [3.05, 3.63) is 61.8 Å². The van der Waals surface area contributed by atoms with Gasteiger partial charge in [-0.1, -0.05) is 31.0 Å². The molecular formula is C23H23ClFN3O4. The van der Waals surface area contributed by atoms with Gasteiger partial charge in [0.1, 0.15) is 17.7 Å². The van der Waals surface area contributed by atoms with E-state index in [0.29, 0.717) is 30.0 Å². The van der Waals surface area contributed by atoms with Gasteiger partial charge in [0.25, 0.3) is 17.4 Å². The molecule has 3 heterocycles. The second kappa shape index (κ2) is 7.33. The standard InChI is InChI=1S/C23H23ClFN3O4/c1-3-12-9-14(12)20-26(2)22(31)18-13-6-7-27(10-11-4-5-16(25)15(24)8-11)21(30)17(13)19(29)23(32)28(18)20/h4-5,8,12,14,20,29H,3,6-7,9-10H2,1-2H3. The number of halogens is 2. The monoisotopic (exact) mass is 459 g/mol. The molecule has 2 aliphatic heterocycles. The third-order valence-electron chi connectivity index (χ3n) is 7.05. The lowest BCUT2D eigenvalue weighted by Crippen LogP contribution is -2.40. The molecule has 32 heavy (non-hydrogen) atoms. The maximum atomic E-state index is 13.5. The molecule has 0 radical (unpaired) electrons. The van der Waals surface area contributed by atoms with Crippen molar-refractivity contribution in [1.29, 1.82) is 0 Å². The summed E-state index contributed by atoms with van der Waals surface area (Å²) in [6.45, 7) is 2.53. The Morgan fingerprint density at radius 3 is 2.62 bits per heavy atom. The van der Waals surface area contributed by atoms with Crippen LogP contribution in [0.3, 0.4) is 0 Å². The van der Waals surface area contributed by atoms with Crippen LogP contribution < -0.4 is 5.56 Å². The summed E-state index contributed by atoms with van der Waals surface area (Å²) in [7, 11) is 1.67. The molecule has 2 amide bonds. The molecule has 5 rings (SSSR count). The maximum absolute atomic E-state index is 13.5. The van der Waals surface area contributed by atoms with Crippen molar-refractivity contribution in [3.8, 4) is 5.75 Å². The third kappa shape index (κ3) is 2.96. The molecule has 168 valence electrons. The van der Waals surface area contributed by atoms with E-state index < -0.39 is 29.2 Å². The largest absolute Gasteiger partial charge is 0.502 e. The third-order valence-corrected chi connectivity index (χ3v) is 7.34. The molecule has 2 aromatic rings. The van der Waals surface area contributed by atoms with E-state index in [0.717, 1.165) is 12.8 Å². The number of rotatable bonds is 4. The molecule has 3 unspecified atom stereocenters. The second-order valence-electron chi connectivity index (χ2n) is 8.85. The summed E-state index contributed by atoms with van der Waals surface area (Å²) in [5, 5.41) is 10.7. The molecule has 3 aliphatic rings. The highest BCUT2D eigenvalue weighted by molar-refractivity contribution is 6.30. The second-order valence-corrected chi connectivity index (χ2v) is 9.26. The van der Waals surface area contributed by atoms with Gasteiger partial charge >= 0.3 is 0 Å². The normalized spacial score (nSPS) is 24.1. The smallest absolute Gasteiger partial charge is 0.295 e. The number of carbonyl (C=O) groups excluding carboxylic acids is 2. The van der Waals surface area contributed by atoms with Crippen LogP contribution in [0.1, 0.15) is 57.9 Å². The predicted octanol–water partition coefficient (Wildman–Crippen LogP) is 3.18. The maximum Gasteiger partial charge on any atom is 0.295 e. The van der Waals surface area contributed by atoms with E-state index >= 15 is 0 Å². The molecule has 0 spiro atoms. The van der Waals surface area contributed by atoms with Gasteiger partial charge in [0.2, 0.25) is 0 Å². The first-order valence-corrected chi connectivity index (χ1v) is 11.1. The van der Waals surface area contributed by atoms with Gasteiger partial charge < -0.3 is 14.9 Å². The van der Waals surface area contributed by atoms with Crippen molar-refractivity contribution in [2.24, 2.45) is 11.8 Å². The molecule has 7 nitrogen and oxygen atoms in total. The minimum atomic E-state index is -0.705. The number of pyridine rings is 1. The number of aromatic hydroxyl groups is 1. The van der Waals surface area contributed by atoms with Gasteiger partial charge in [-0.15, -0.1) is 0 Å². The fourth-order valence-electron chi connectivity index (χ4n) is 5.25. The molecule has 1 N–H and O–H groups in total. The summed E-state index contributed by atoms with van der Waals surface area (Å²) in [6, 6.07) is 4.21. The average molecular weight is 460 g/mol. The molecule has 1 aliphatic carbocycles. The van der Waals surface area contributed by atoms with Crippen LogP contribution in [0, 0.1) is 17.7 Å². The molecule has 1 aromatic carbocycles. The number of hydrogen-bond donors (Lipinski definition) is 1. The van der Waals surface area contributed by atoms with Crippen molar-refractivity contribution in [2.75, 3.05) is 13.6 Å². The summed E-state index contributed by atoms with van der Waals surface area (Å²) in [6.07, 6.45) is 1.79. The van der Waals surface area contributed by atoms with Gasteiger partial charge in [0.05, 0.1) is 10.6 Å². The van der Waals surface area contributed by atoms with Crippen LogP contribution in [-0.2, 0) is 13.0 Å². The highest BCUT2D eigenvalue weighted by Crippen LogP contribution is 2.52. The van der Waals surface area contributed by atoms with E-state index in [9.17, 15) is 23.9 Å². The SMILES string of the molecule is CCC1CC1C1N(C)C(=O)c2c3c(c(O)c(=O)n21)C(=O)N(Cc1ccc(F)c(Cl)c1)CC3. The van der Waals surface area contributed by atoms with Crippen LogP contribution >= 0.6 is 11.6 Å².